The van der Waals surface area contributed by atoms with Crippen LogP contribution in [0.2, 0.25) is 0 Å². The quantitative estimate of drug-likeness (QED) is 0.295. The Hall–Kier alpha value is -2.90. The van der Waals surface area contributed by atoms with Gasteiger partial charge in [0.15, 0.2) is 11.5 Å². The van der Waals surface area contributed by atoms with E-state index in [1.54, 1.807) is 11.3 Å². The molecule has 1 aromatic heterocycles. The Labute approximate surface area is 248 Å². The Morgan fingerprint density at radius 3 is 2.46 bits per heavy atom. The van der Waals surface area contributed by atoms with Crippen molar-refractivity contribution in [3.05, 3.63) is 75.2 Å². The zero-order chi connectivity index (χ0) is 29.0. The van der Waals surface area contributed by atoms with Gasteiger partial charge in [0, 0.05) is 31.1 Å². The van der Waals surface area contributed by atoms with Gasteiger partial charge in [0.2, 0.25) is 6.79 Å². The lowest BCUT2D eigenvalue weighted by Crippen LogP contribution is -2.37. The lowest BCUT2D eigenvalue weighted by molar-refractivity contribution is 0.0702. The molecular weight excluding hydrogens is 530 g/mol. The number of likely N-dealkylation sites (tertiary alicyclic amines) is 1. The minimum atomic E-state index is 0.0963. The van der Waals surface area contributed by atoms with Crippen LogP contribution in [0.5, 0.6) is 11.5 Å². The van der Waals surface area contributed by atoms with Crippen LogP contribution in [0.3, 0.4) is 0 Å². The number of aromatic nitrogens is 1. The van der Waals surface area contributed by atoms with Gasteiger partial charge in [-0.3, -0.25) is 9.69 Å². The largest absolute Gasteiger partial charge is 0.454 e. The maximum absolute atomic E-state index is 13.7. The van der Waals surface area contributed by atoms with Crippen LogP contribution in [0.25, 0.3) is 0 Å². The molecule has 1 saturated heterocycles. The van der Waals surface area contributed by atoms with Gasteiger partial charge in [-0.05, 0) is 64.3 Å². The topological polar surface area (TPSA) is 54.9 Å². The van der Waals surface area contributed by atoms with Crippen molar-refractivity contribution in [1.82, 2.24) is 14.8 Å². The molecule has 3 aliphatic rings. The number of thiazole rings is 1. The Kier molecular flexibility index (Phi) is 7.18. The van der Waals surface area contributed by atoms with Gasteiger partial charge in [0.1, 0.15) is 10.7 Å². The number of ether oxygens (including phenoxy) is 2. The molecule has 7 heteroatoms. The maximum Gasteiger partial charge on any atom is 0.273 e. The zero-order valence-corrected chi connectivity index (χ0v) is 26.1. The summed E-state index contributed by atoms with van der Waals surface area (Å²) in [5, 5.41) is 2.93. The van der Waals surface area contributed by atoms with Crippen molar-refractivity contribution in [2.75, 3.05) is 13.3 Å². The summed E-state index contributed by atoms with van der Waals surface area (Å²) in [6.07, 6.45) is 3.35. The van der Waals surface area contributed by atoms with E-state index in [4.69, 9.17) is 14.5 Å². The number of hydrogen-bond donors (Lipinski definition) is 0. The van der Waals surface area contributed by atoms with Crippen LogP contribution in [0, 0.1) is 10.8 Å². The molecule has 6 nitrogen and oxygen atoms in total. The number of nitrogens with zero attached hydrogens (tertiary/aromatic N) is 3. The highest BCUT2D eigenvalue weighted by atomic mass is 32.1. The lowest BCUT2D eigenvalue weighted by Gasteiger charge is -2.39. The standard InChI is InChI=1S/C34H43N3O3S/c1-32(2,3)25-10-7-23(8-11-25)16-36(17-24-9-12-28-29(13-24)40-22-39-28)18-30-35-27(19-41-30)31(38)37-21-34(6)15-26(37)14-33(4,5)20-34/h7-13,19,26H,14-18,20-22H2,1-6H3. The zero-order valence-electron chi connectivity index (χ0n) is 25.3. The van der Waals surface area contributed by atoms with E-state index in [9.17, 15) is 4.79 Å². The molecule has 41 heavy (non-hydrogen) atoms. The molecule has 1 aliphatic carbocycles. The van der Waals surface area contributed by atoms with E-state index < -0.39 is 0 Å². The fourth-order valence-electron chi connectivity index (χ4n) is 7.35. The summed E-state index contributed by atoms with van der Waals surface area (Å²) < 4.78 is 11.2. The molecular formula is C34H43N3O3S. The fourth-order valence-corrected chi connectivity index (χ4v) is 8.16. The molecule has 1 saturated carbocycles. The van der Waals surface area contributed by atoms with Crippen LogP contribution < -0.4 is 9.47 Å². The van der Waals surface area contributed by atoms with E-state index in [1.165, 1.54) is 17.5 Å². The first-order valence-electron chi connectivity index (χ1n) is 14.8. The van der Waals surface area contributed by atoms with Crippen molar-refractivity contribution < 1.29 is 14.3 Å². The second-order valence-corrected chi connectivity index (χ2v) is 15.5. The molecule has 6 rings (SSSR count). The third-order valence-corrected chi connectivity index (χ3v) is 9.71. The van der Waals surface area contributed by atoms with Crippen molar-refractivity contribution in [3.63, 3.8) is 0 Å². The molecule has 0 spiro atoms. The predicted octanol–water partition coefficient (Wildman–Crippen LogP) is 7.41. The summed E-state index contributed by atoms with van der Waals surface area (Å²) in [5.41, 5.74) is 4.95. The van der Waals surface area contributed by atoms with Gasteiger partial charge in [-0.25, -0.2) is 4.98 Å². The van der Waals surface area contributed by atoms with E-state index in [0.717, 1.165) is 54.5 Å². The fraction of sp³-hybridized carbons (Fsp3) is 0.529. The molecule has 2 bridgehead atoms. The van der Waals surface area contributed by atoms with Crippen LogP contribution in [-0.4, -0.2) is 40.1 Å². The molecule has 3 aromatic rings. The van der Waals surface area contributed by atoms with Crippen LogP contribution >= 0.6 is 11.3 Å². The van der Waals surface area contributed by atoms with Crippen molar-refractivity contribution in [2.45, 2.75) is 91.9 Å². The normalized spacial score (nSPS) is 22.9. The Morgan fingerprint density at radius 2 is 1.71 bits per heavy atom. The molecule has 2 unspecified atom stereocenters. The molecule has 2 atom stereocenters. The predicted molar refractivity (Wildman–Crippen MR) is 163 cm³/mol. The van der Waals surface area contributed by atoms with Gasteiger partial charge in [-0.2, -0.15) is 0 Å². The number of amides is 1. The van der Waals surface area contributed by atoms with Crippen LogP contribution in [-0.2, 0) is 25.0 Å². The van der Waals surface area contributed by atoms with E-state index in [0.29, 0.717) is 18.3 Å². The first kappa shape index (κ1) is 28.2. The first-order valence-corrected chi connectivity index (χ1v) is 15.7. The van der Waals surface area contributed by atoms with Gasteiger partial charge in [-0.1, -0.05) is 71.9 Å². The minimum absolute atomic E-state index is 0.0963. The Bertz CT molecular complexity index is 1420. The van der Waals surface area contributed by atoms with Crippen LogP contribution in [0.15, 0.2) is 47.8 Å². The minimum Gasteiger partial charge on any atom is -0.454 e. The molecule has 0 N–H and O–H groups in total. The van der Waals surface area contributed by atoms with E-state index in [1.807, 2.05) is 11.4 Å². The summed E-state index contributed by atoms with van der Waals surface area (Å²) >= 11 is 1.59. The molecule has 2 fully saturated rings. The Morgan fingerprint density at radius 1 is 1.00 bits per heavy atom. The highest BCUT2D eigenvalue weighted by Crippen LogP contribution is 2.52. The van der Waals surface area contributed by atoms with Gasteiger partial charge < -0.3 is 14.4 Å². The van der Waals surface area contributed by atoms with Crippen LogP contribution in [0.4, 0.5) is 0 Å². The first-order chi connectivity index (χ1) is 19.4. The second kappa shape index (κ2) is 10.4. The average Bonchev–Trinajstić information content (AvgIpc) is 3.60. The van der Waals surface area contributed by atoms with E-state index >= 15 is 0 Å². The number of carbonyl (C=O) groups is 1. The smallest absolute Gasteiger partial charge is 0.273 e. The summed E-state index contributed by atoms with van der Waals surface area (Å²) in [6.45, 7) is 17.1. The van der Waals surface area contributed by atoms with Crippen LogP contribution in [0.1, 0.15) is 93.0 Å². The van der Waals surface area contributed by atoms with Crippen molar-refractivity contribution in [2.24, 2.45) is 10.8 Å². The highest BCUT2D eigenvalue weighted by Gasteiger charge is 2.51. The third kappa shape index (κ3) is 6.17. The molecule has 3 heterocycles. The molecule has 218 valence electrons. The second-order valence-electron chi connectivity index (χ2n) is 14.6. The van der Waals surface area contributed by atoms with Crippen molar-refractivity contribution >= 4 is 17.2 Å². The maximum atomic E-state index is 13.7. The lowest BCUT2D eigenvalue weighted by atomic mass is 9.65. The number of benzene rings is 2. The third-order valence-electron chi connectivity index (χ3n) is 8.87. The summed E-state index contributed by atoms with van der Waals surface area (Å²) in [6, 6.07) is 15.4. The molecule has 1 amide bonds. The monoisotopic (exact) mass is 573 g/mol. The number of carbonyl (C=O) groups excluding carboxylic acids is 1. The highest BCUT2D eigenvalue weighted by molar-refractivity contribution is 7.09. The summed E-state index contributed by atoms with van der Waals surface area (Å²) in [4.78, 5) is 23.1. The SMILES string of the molecule is CC1(C)CC2CC(C)(CN2C(=O)c2csc(CN(Cc3ccc(C(C)(C)C)cc3)Cc3ccc4c(c3)OCO4)n2)C1. The van der Waals surface area contributed by atoms with E-state index in [-0.39, 0.29) is 28.9 Å². The van der Waals surface area contributed by atoms with Gasteiger partial charge in [0.25, 0.3) is 5.91 Å². The molecule has 2 aliphatic heterocycles. The van der Waals surface area contributed by atoms with Crippen molar-refractivity contribution in [3.8, 4) is 11.5 Å². The van der Waals surface area contributed by atoms with Gasteiger partial charge >= 0.3 is 0 Å². The summed E-state index contributed by atoms with van der Waals surface area (Å²) in [7, 11) is 0. The van der Waals surface area contributed by atoms with Gasteiger partial charge in [-0.15, -0.1) is 11.3 Å². The molecule has 2 aromatic carbocycles. The molecule has 0 radical (unpaired) electrons. The number of hydrogen-bond acceptors (Lipinski definition) is 6. The summed E-state index contributed by atoms with van der Waals surface area (Å²) in [5.74, 6) is 1.69. The van der Waals surface area contributed by atoms with Gasteiger partial charge in [0.05, 0.1) is 6.54 Å². The number of rotatable bonds is 7. The Balaban J connectivity index is 1.20. The average molecular weight is 574 g/mol. The van der Waals surface area contributed by atoms with E-state index in [2.05, 4.69) is 87.7 Å². The number of fused-ring (bicyclic) bond motifs is 3. The van der Waals surface area contributed by atoms with Crippen molar-refractivity contribution in [1.29, 1.82) is 0 Å².